The van der Waals surface area contributed by atoms with Crippen LogP contribution in [0.25, 0.3) is 0 Å². The van der Waals surface area contributed by atoms with Crippen LogP contribution >= 0.6 is 12.4 Å². The van der Waals surface area contributed by atoms with Crippen molar-refractivity contribution < 1.29 is 14.6 Å². The summed E-state index contributed by atoms with van der Waals surface area (Å²) in [7, 11) is 0. The average Bonchev–Trinajstić information content (AvgIpc) is 2.31. The van der Waals surface area contributed by atoms with E-state index in [1.54, 1.807) is 0 Å². The Morgan fingerprint density at radius 1 is 1.50 bits per heavy atom. The third kappa shape index (κ3) is 4.26. The molecule has 1 heterocycles. The number of aliphatic hydroxyl groups is 1. The minimum atomic E-state index is -0.452. The summed E-state index contributed by atoms with van der Waals surface area (Å²) in [6.07, 6.45) is 0.0343. The van der Waals surface area contributed by atoms with Crippen molar-refractivity contribution in [2.24, 2.45) is 0 Å². The van der Waals surface area contributed by atoms with Gasteiger partial charge in [-0.05, 0) is 20.8 Å². The Kier molecular flexibility index (Phi) is 4.84. The lowest BCUT2D eigenvalue weighted by molar-refractivity contribution is -0.157. The van der Waals surface area contributed by atoms with Crippen molar-refractivity contribution in [3.63, 3.8) is 0 Å². The monoisotopic (exact) mass is 223 g/mol. The smallest absolute Gasteiger partial charge is 0.323 e. The van der Waals surface area contributed by atoms with Crippen LogP contribution in [0.2, 0.25) is 0 Å². The first-order chi connectivity index (χ1) is 5.88. The third-order valence-electron chi connectivity index (χ3n) is 1.80. The van der Waals surface area contributed by atoms with Gasteiger partial charge in [0.05, 0.1) is 6.10 Å². The highest BCUT2D eigenvalue weighted by atomic mass is 35.5. The molecule has 84 valence electrons. The van der Waals surface area contributed by atoms with Crippen LogP contribution < -0.4 is 5.32 Å². The molecule has 0 aliphatic carbocycles. The summed E-state index contributed by atoms with van der Waals surface area (Å²) in [5, 5.41) is 12.1. The average molecular weight is 224 g/mol. The SMILES string of the molecule is CC(C)(C)OC(=O)[C@H]1C[C@@H](O)CN1.Cl. The van der Waals surface area contributed by atoms with Crippen molar-refractivity contribution >= 4 is 18.4 Å². The van der Waals surface area contributed by atoms with Crippen molar-refractivity contribution in [2.75, 3.05) is 6.54 Å². The highest BCUT2D eigenvalue weighted by molar-refractivity contribution is 5.85. The Hall–Kier alpha value is -0.320. The number of β-amino-alcohol motifs (C(OH)–C–C–N with tert-alkyl or cyclic N) is 1. The molecule has 2 atom stereocenters. The molecule has 0 bridgehead atoms. The van der Waals surface area contributed by atoms with Gasteiger partial charge in [-0.1, -0.05) is 0 Å². The number of esters is 1. The summed E-state index contributed by atoms with van der Waals surface area (Å²) < 4.78 is 5.16. The Bertz CT molecular complexity index is 203. The van der Waals surface area contributed by atoms with Crippen LogP contribution in [0.3, 0.4) is 0 Å². The zero-order valence-corrected chi connectivity index (χ0v) is 9.56. The van der Waals surface area contributed by atoms with Crippen LogP contribution in [0.4, 0.5) is 0 Å². The van der Waals surface area contributed by atoms with Gasteiger partial charge < -0.3 is 15.2 Å². The predicted octanol–water partition coefficient (Wildman–Crippen LogP) is 0.473. The van der Waals surface area contributed by atoms with E-state index in [9.17, 15) is 9.90 Å². The van der Waals surface area contributed by atoms with E-state index in [4.69, 9.17) is 4.74 Å². The summed E-state index contributed by atoms with van der Waals surface area (Å²) in [5.74, 6) is -0.274. The minimum Gasteiger partial charge on any atom is -0.459 e. The molecule has 0 aromatic carbocycles. The molecule has 0 amide bonds. The Labute approximate surface area is 90.4 Å². The molecule has 1 rings (SSSR count). The maximum absolute atomic E-state index is 11.4. The third-order valence-corrected chi connectivity index (χ3v) is 1.80. The van der Waals surface area contributed by atoms with E-state index < -0.39 is 11.7 Å². The molecule has 0 radical (unpaired) electrons. The molecule has 4 nitrogen and oxygen atoms in total. The first kappa shape index (κ1) is 13.7. The van der Waals surface area contributed by atoms with Crippen LogP contribution in [-0.2, 0) is 9.53 Å². The molecule has 1 aliphatic heterocycles. The molecule has 1 fully saturated rings. The Balaban J connectivity index is 0.00000169. The molecule has 0 spiro atoms. The fourth-order valence-electron chi connectivity index (χ4n) is 1.27. The second-order valence-electron chi connectivity index (χ2n) is 4.38. The van der Waals surface area contributed by atoms with Crippen LogP contribution in [0, 0.1) is 0 Å². The standard InChI is InChI=1S/C9H17NO3.ClH/c1-9(2,3)13-8(12)7-4-6(11)5-10-7;/h6-7,10-11H,4-5H2,1-3H3;1H/t6-,7-;/m1./s1. The molecule has 1 aliphatic rings. The number of hydrogen-bond donors (Lipinski definition) is 2. The number of ether oxygens (including phenoxy) is 1. The number of nitrogens with one attached hydrogen (secondary N) is 1. The van der Waals surface area contributed by atoms with Crippen molar-refractivity contribution in [3.05, 3.63) is 0 Å². The van der Waals surface area contributed by atoms with E-state index in [1.165, 1.54) is 0 Å². The molecule has 1 saturated heterocycles. The second-order valence-corrected chi connectivity index (χ2v) is 4.38. The molecule has 0 unspecified atom stereocenters. The molecule has 2 N–H and O–H groups in total. The van der Waals surface area contributed by atoms with Crippen molar-refractivity contribution in [2.45, 2.75) is 44.9 Å². The van der Waals surface area contributed by atoms with Gasteiger partial charge in [0.2, 0.25) is 0 Å². The first-order valence-corrected chi connectivity index (χ1v) is 4.53. The quantitative estimate of drug-likeness (QED) is 0.635. The lowest BCUT2D eigenvalue weighted by Crippen LogP contribution is -2.37. The number of carbonyl (C=O) groups excluding carboxylic acids is 1. The van der Waals surface area contributed by atoms with Gasteiger partial charge in [-0.2, -0.15) is 0 Å². The Morgan fingerprint density at radius 2 is 2.07 bits per heavy atom. The van der Waals surface area contributed by atoms with Gasteiger partial charge in [-0.3, -0.25) is 4.79 Å². The first-order valence-electron chi connectivity index (χ1n) is 4.53. The molecule has 14 heavy (non-hydrogen) atoms. The van der Waals surface area contributed by atoms with Gasteiger partial charge in [0.1, 0.15) is 11.6 Å². The van der Waals surface area contributed by atoms with Gasteiger partial charge >= 0.3 is 5.97 Å². The molecule has 0 saturated carbocycles. The Morgan fingerprint density at radius 3 is 2.43 bits per heavy atom. The molecular formula is C9H18ClNO3. The number of aliphatic hydroxyl groups excluding tert-OH is 1. The van der Waals surface area contributed by atoms with Crippen LogP contribution in [-0.4, -0.2) is 35.4 Å². The number of hydrogen-bond acceptors (Lipinski definition) is 4. The van der Waals surface area contributed by atoms with Gasteiger partial charge in [-0.25, -0.2) is 0 Å². The van der Waals surface area contributed by atoms with E-state index in [1.807, 2.05) is 20.8 Å². The lowest BCUT2D eigenvalue weighted by Gasteiger charge is -2.21. The van der Waals surface area contributed by atoms with E-state index in [2.05, 4.69) is 5.32 Å². The minimum absolute atomic E-state index is 0. The lowest BCUT2D eigenvalue weighted by atomic mass is 10.1. The number of rotatable bonds is 1. The predicted molar refractivity (Wildman–Crippen MR) is 55.5 cm³/mol. The van der Waals surface area contributed by atoms with E-state index in [0.717, 1.165) is 0 Å². The highest BCUT2D eigenvalue weighted by Gasteiger charge is 2.31. The summed E-state index contributed by atoms with van der Waals surface area (Å²) in [5.41, 5.74) is -0.452. The van der Waals surface area contributed by atoms with Crippen molar-refractivity contribution in [1.82, 2.24) is 5.32 Å². The zero-order valence-electron chi connectivity index (χ0n) is 8.74. The maximum atomic E-state index is 11.4. The highest BCUT2D eigenvalue weighted by Crippen LogP contribution is 2.13. The summed E-state index contributed by atoms with van der Waals surface area (Å²) in [6.45, 7) is 5.97. The summed E-state index contributed by atoms with van der Waals surface area (Å²) in [4.78, 5) is 11.4. The van der Waals surface area contributed by atoms with Crippen LogP contribution in [0.15, 0.2) is 0 Å². The maximum Gasteiger partial charge on any atom is 0.323 e. The normalized spacial score (nSPS) is 26.9. The molecule has 0 aromatic rings. The van der Waals surface area contributed by atoms with Crippen LogP contribution in [0.5, 0.6) is 0 Å². The number of halogens is 1. The van der Waals surface area contributed by atoms with Gasteiger partial charge in [-0.15, -0.1) is 12.4 Å². The van der Waals surface area contributed by atoms with Gasteiger partial charge in [0.15, 0.2) is 0 Å². The van der Waals surface area contributed by atoms with Crippen molar-refractivity contribution in [3.8, 4) is 0 Å². The van der Waals surface area contributed by atoms with Crippen molar-refractivity contribution in [1.29, 1.82) is 0 Å². The molecule has 5 heteroatoms. The number of carbonyl (C=O) groups is 1. The zero-order chi connectivity index (χ0) is 10.1. The molecular weight excluding hydrogens is 206 g/mol. The summed E-state index contributed by atoms with van der Waals surface area (Å²) in [6, 6.07) is -0.339. The second kappa shape index (κ2) is 4.96. The largest absolute Gasteiger partial charge is 0.459 e. The topological polar surface area (TPSA) is 58.6 Å². The van der Waals surface area contributed by atoms with Gasteiger partial charge in [0.25, 0.3) is 0 Å². The van der Waals surface area contributed by atoms with E-state index >= 15 is 0 Å². The van der Waals surface area contributed by atoms with Crippen LogP contribution in [0.1, 0.15) is 27.2 Å². The fourth-order valence-corrected chi connectivity index (χ4v) is 1.27. The fraction of sp³-hybridized carbons (Fsp3) is 0.889. The summed E-state index contributed by atoms with van der Waals surface area (Å²) >= 11 is 0. The van der Waals surface area contributed by atoms with E-state index in [0.29, 0.717) is 13.0 Å². The molecule has 0 aromatic heterocycles. The van der Waals surface area contributed by atoms with Gasteiger partial charge in [0, 0.05) is 13.0 Å². The van der Waals surface area contributed by atoms with E-state index in [-0.39, 0.29) is 24.4 Å².